The summed E-state index contributed by atoms with van der Waals surface area (Å²) in [5.74, 6) is 0.927. The second-order valence-electron chi connectivity index (χ2n) is 5.10. The monoisotopic (exact) mass is 304 g/mol. The van der Waals surface area contributed by atoms with Crippen LogP contribution in [0.2, 0.25) is 0 Å². The Hall–Kier alpha value is -1.39. The van der Waals surface area contributed by atoms with Gasteiger partial charge in [0.1, 0.15) is 10.8 Å². The van der Waals surface area contributed by atoms with Crippen molar-refractivity contribution in [3.8, 4) is 16.3 Å². The second-order valence-corrected chi connectivity index (χ2v) is 6.19. The van der Waals surface area contributed by atoms with Gasteiger partial charge in [-0.3, -0.25) is 0 Å². The van der Waals surface area contributed by atoms with Gasteiger partial charge in [0.2, 0.25) is 0 Å². The zero-order valence-electron chi connectivity index (χ0n) is 13.3. The Morgan fingerprint density at radius 3 is 2.71 bits per heavy atom. The third-order valence-corrected chi connectivity index (χ3v) is 4.61. The van der Waals surface area contributed by atoms with E-state index in [-0.39, 0.29) is 0 Å². The average Bonchev–Trinajstić information content (AvgIpc) is 2.90. The van der Waals surface area contributed by atoms with E-state index in [9.17, 15) is 0 Å². The van der Waals surface area contributed by atoms with Gasteiger partial charge in [0.15, 0.2) is 0 Å². The van der Waals surface area contributed by atoms with Crippen LogP contribution in [0.3, 0.4) is 0 Å². The molecular formula is C17H24N2OS. The largest absolute Gasteiger partial charge is 0.496 e. The maximum absolute atomic E-state index is 5.32. The number of hydrogen-bond donors (Lipinski definition) is 1. The molecule has 0 bridgehead atoms. The lowest BCUT2D eigenvalue weighted by Crippen LogP contribution is -2.13. The summed E-state index contributed by atoms with van der Waals surface area (Å²) in [5, 5.41) is 4.57. The minimum atomic E-state index is 0.920. The molecular weight excluding hydrogens is 280 g/mol. The van der Waals surface area contributed by atoms with Gasteiger partial charge in [-0.1, -0.05) is 13.8 Å². The summed E-state index contributed by atoms with van der Waals surface area (Å²) in [7, 11) is 1.71. The minimum Gasteiger partial charge on any atom is -0.496 e. The summed E-state index contributed by atoms with van der Waals surface area (Å²) in [6.45, 7) is 8.40. The number of nitrogens with zero attached hydrogens (tertiary/aromatic N) is 1. The van der Waals surface area contributed by atoms with Crippen LogP contribution in [-0.4, -0.2) is 18.6 Å². The highest BCUT2D eigenvalue weighted by Gasteiger charge is 2.12. The van der Waals surface area contributed by atoms with Crippen LogP contribution < -0.4 is 10.1 Å². The third kappa shape index (κ3) is 3.83. The summed E-state index contributed by atoms with van der Waals surface area (Å²) in [6, 6.07) is 6.26. The van der Waals surface area contributed by atoms with Crippen molar-refractivity contribution < 1.29 is 4.74 Å². The summed E-state index contributed by atoms with van der Waals surface area (Å²) in [6.07, 6.45) is 2.14. The molecule has 0 aliphatic heterocycles. The molecule has 0 atom stereocenters. The highest BCUT2D eigenvalue weighted by molar-refractivity contribution is 7.15. The van der Waals surface area contributed by atoms with E-state index in [4.69, 9.17) is 9.72 Å². The van der Waals surface area contributed by atoms with E-state index >= 15 is 0 Å². The quantitative estimate of drug-likeness (QED) is 0.779. The van der Waals surface area contributed by atoms with Crippen LogP contribution in [0.25, 0.3) is 10.6 Å². The third-order valence-electron chi connectivity index (χ3n) is 3.47. The first-order valence-electron chi connectivity index (χ1n) is 7.53. The molecule has 0 saturated carbocycles. The lowest BCUT2D eigenvalue weighted by atomic mass is 10.1. The van der Waals surface area contributed by atoms with Crippen molar-refractivity contribution in [3.63, 3.8) is 0 Å². The van der Waals surface area contributed by atoms with E-state index in [1.54, 1.807) is 18.4 Å². The van der Waals surface area contributed by atoms with Crippen molar-refractivity contribution in [2.75, 3.05) is 13.7 Å². The lowest BCUT2D eigenvalue weighted by Gasteiger charge is -2.05. The molecule has 0 fully saturated rings. The van der Waals surface area contributed by atoms with Gasteiger partial charge < -0.3 is 10.1 Å². The van der Waals surface area contributed by atoms with Crippen LogP contribution in [0.5, 0.6) is 5.75 Å². The predicted molar refractivity (Wildman–Crippen MR) is 90.2 cm³/mol. The zero-order valence-corrected chi connectivity index (χ0v) is 14.1. The molecule has 0 aliphatic carbocycles. The van der Waals surface area contributed by atoms with E-state index in [2.05, 4.69) is 38.2 Å². The van der Waals surface area contributed by atoms with Crippen LogP contribution in [-0.2, 0) is 13.0 Å². The van der Waals surface area contributed by atoms with Crippen molar-refractivity contribution in [2.24, 2.45) is 0 Å². The van der Waals surface area contributed by atoms with Gasteiger partial charge in [-0.2, -0.15) is 0 Å². The summed E-state index contributed by atoms with van der Waals surface area (Å²) in [5.41, 5.74) is 3.54. The highest BCUT2D eigenvalue weighted by Crippen LogP contribution is 2.31. The van der Waals surface area contributed by atoms with Crippen LogP contribution in [0.1, 0.15) is 36.4 Å². The van der Waals surface area contributed by atoms with E-state index in [1.807, 2.05) is 6.07 Å². The van der Waals surface area contributed by atoms with Gasteiger partial charge in [-0.15, -0.1) is 11.3 Å². The van der Waals surface area contributed by atoms with Crippen molar-refractivity contribution in [3.05, 3.63) is 34.3 Å². The number of nitrogens with one attached hydrogen (secondary N) is 1. The number of rotatable bonds is 7. The van der Waals surface area contributed by atoms with Gasteiger partial charge in [-0.25, -0.2) is 4.98 Å². The Morgan fingerprint density at radius 1 is 1.29 bits per heavy atom. The Morgan fingerprint density at radius 2 is 2.10 bits per heavy atom. The van der Waals surface area contributed by atoms with Crippen molar-refractivity contribution in [1.82, 2.24) is 10.3 Å². The van der Waals surface area contributed by atoms with Crippen LogP contribution in [0.15, 0.2) is 18.2 Å². The van der Waals surface area contributed by atoms with Gasteiger partial charge in [0.25, 0.3) is 0 Å². The Bertz CT molecular complexity index is 592. The fourth-order valence-corrected chi connectivity index (χ4v) is 3.43. The molecule has 0 saturated heterocycles. The van der Waals surface area contributed by atoms with Crippen molar-refractivity contribution in [1.29, 1.82) is 0 Å². The van der Waals surface area contributed by atoms with Crippen LogP contribution >= 0.6 is 11.3 Å². The standard InChI is InChI=1S/C17H24N2OS/c1-5-9-18-11-16-14(6-2)19-17(21-16)13-7-8-15(20-4)12(3)10-13/h7-8,10,18H,5-6,9,11H2,1-4H3. The molecule has 1 N–H and O–H groups in total. The van der Waals surface area contributed by atoms with Gasteiger partial charge in [0.05, 0.1) is 12.8 Å². The average molecular weight is 304 g/mol. The molecule has 3 nitrogen and oxygen atoms in total. The Balaban J connectivity index is 2.25. The van der Waals surface area contributed by atoms with Gasteiger partial charge >= 0.3 is 0 Å². The number of methoxy groups -OCH3 is 1. The molecule has 1 heterocycles. The molecule has 0 radical (unpaired) electrons. The summed E-state index contributed by atoms with van der Waals surface area (Å²) in [4.78, 5) is 6.17. The molecule has 114 valence electrons. The first kappa shape index (κ1) is 16.0. The number of aromatic nitrogens is 1. The first-order chi connectivity index (χ1) is 10.2. The number of ether oxygens (including phenoxy) is 1. The fourth-order valence-electron chi connectivity index (χ4n) is 2.31. The number of aryl methyl sites for hydroxylation is 2. The molecule has 4 heteroatoms. The Kier molecular flexibility index (Phi) is 5.76. The van der Waals surface area contributed by atoms with Crippen LogP contribution in [0.4, 0.5) is 0 Å². The topological polar surface area (TPSA) is 34.1 Å². The predicted octanol–water partition coefficient (Wildman–Crippen LogP) is 4.19. The first-order valence-corrected chi connectivity index (χ1v) is 8.35. The zero-order chi connectivity index (χ0) is 15.2. The smallest absolute Gasteiger partial charge is 0.123 e. The van der Waals surface area contributed by atoms with Crippen molar-refractivity contribution >= 4 is 11.3 Å². The highest BCUT2D eigenvalue weighted by atomic mass is 32.1. The Labute approximate surface area is 131 Å². The molecule has 21 heavy (non-hydrogen) atoms. The number of hydrogen-bond acceptors (Lipinski definition) is 4. The maximum Gasteiger partial charge on any atom is 0.123 e. The van der Waals surface area contributed by atoms with Gasteiger partial charge in [-0.05, 0) is 50.1 Å². The molecule has 1 aromatic carbocycles. The number of thiazole rings is 1. The fraction of sp³-hybridized carbons (Fsp3) is 0.471. The van der Waals surface area contributed by atoms with E-state index in [0.717, 1.165) is 42.3 Å². The maximum atomic E-state index is 5.32. The molecule has 2 rings (SSSR count). The van der Waals surface area contributed by atoms with Crippen LogP contribution in [0, 0.1) is 6.92 Å². The molecule has 0 spiro atoms. The van der Waals surface area contributed by atoms with Gasteiger partial charge in [0, 0.05) is 17.0 Å². The van der Waals surface area contributed by atoms with E-state index < -0.39 is 0 Å². The molecule has 2 aromatic rings. The molecule has 0 unspecified atom stereocenters. The molecule has 1 aromatic heterocycles. The molecule has 0 aliphatic rings. The van der Waals surface area contributed by atoms with E-state index in [1.165, 1.54) is 16.1 Å². The number of benzene rings is 1. The minimum absolute atomic E-state index is 0.920. The lowest BCUT2D eigenvalue weighted by molar-refractivity contribution is 0.412. The van der Waals surface area contributed by atoms with Crippen molar-refractivity contribution in [2.45, 2.75) is 40.2 Å². The molecule has 0 amide bonds. The summed E-state index contributed by atoms with van der Waals surface area (Å²) < 4.78 is 5.32. The SMILES string of the molecule is CCCNCc1sc(-c2ccc(OC)c(C)c2)nc1CC. The summed E-state index contributed by atoms with van der Waals surface area (Å²) >= 11 is 1.80. The second kappa shape index (κ2) is 7.57. The normalized spacial score (nSPS) is 10.9. The van der Waals surface area contributed by atoms with E-state index in [0.29, 0.717) is 0 Å².